The molecular formula is C24H17ClN2O3S. The third-order valence-corrected chi connectivity index (χ3v) is 6.16. The van der Waals surface area contributed by atoms with E-state index in [0.717, 1.165) is 22.2 Å². The Kier molecular flexibility index (Phi) is 5.10. The molecule has 0 aliphatic heterocycles. The summed E-state index contributed by atoms with van der Waals surface area (Å²) in [6, 6.07) is 20.7. The van der Waals surface area contributed by atoms with Crippen LogP contribution in [0, 0.1) is 0 Å². The van der Waals surface area contributed by atoms with Crippen molar-refractivity contribution in [3.05, 3.63) is 97.8 Å². The van der Waals surface area contributed by atoms with Crippen LogP contribution in [-0.4, -0.2) is 16.5 Å². The number of nitrogens with zero attached hydrogens (tertiary/aromatic N) is 2. The topological polar surface area (TPSA) is 52.8 Å². The third-order valence-electron chi connectivity index (χ3n) is 4.94. The van der Waals surface area contributed by atoms with Crippen LogP contribution in [0.25, 0.3) is 22.1 Å². The molecule has 7 heteroatoms. The second-order valence-corrected chi connectivity index (χ2v) is 8.41. The lowest BCUT2D eigenvalue weighted by atomic mass is 10.2. The Labute approximate surface area is 186 Å². The number of hydrogen-bond donors (Lipinski definition) is 0. The quantitative estimate of drug-likeness (QED) is 0.391. The number of imidazole rings is 1. The standard InChI is InChI=1S/C24H17ClN2O3S/c1-29-21-12-16(8-11-20(21)30-14-15-6-9-17(25)10-7-15)13-22-23(28)27-19-5-3-2-4-18(19)26-24(27)31-22/h2-13H,14H2,1H3/b22-13-. The number of rotatable bonds is 5. The predicted octanol–water partition coefficient (Wildman–Crippen LogP) is 4.70. The summed E-state index contributed by atoms with van der Waals surface area (Å²) in [5.41, 5.74) is 3.42. The lowest BCUT2D eigenvalue weighted by Crippen LogP contribution is -2.22. The highest BCUT2D eigenvalue weighted by atomic mass is 35.5. The van der Waals surface area contributed by atoms with Gasteiger partial charge in [-0.15, -0.1) is 0 Å². The number of hydrogen-bond acceptors (Lipinski definition) is 5. The zero-order chi connectivity index (χ0) is 21.4. The van der Waals surface area contributed by atoms with Crippen molar-refractivity contribution in [1.29, 1.82) is 0 Å². The molecule has 5 rings (SSSR count). The summed E-state index contributed by atoms with van der Waals surface area (Å²) in [5, 5.41) is 0.688. The average molecular weight is 449 g/mol. The molecule has 2 heterocycles. The molecular weight excluding hydrogens is 432 g/mol. The van der Waals surface area contributed by atoms with E-state index >= 15 is 0 Å². The van der Waals surface area contributed by atoms with E-state index in [2.05, 4.69) is 4.98 Å². The first-order chi connectivity index (χ1) is 15.1. The molecule has 0 saturated carbocycles. The van der Waals surface area contributed by atoms with Gasteiger partial charge < -0.3 is 9.47 Å². The molecule has 0 amide bonds. The minimum atomic E-state index is -0.0734. The van der Waals surface area contributed by atoms with E-state index in [1.54, 1.807) is 11.5 Å². The van der Waals surface area contributed by atoms with Gasteiger partial charge in [0.1, 0.15) is 6.61 Å². The van der Waals surface area contributed by atoms with Crippen LogP contribution < -0.4 is 19.6 Å². The smallest absolute Gasteiger partial charge is 0.274 e. The first-order valence-electron chi connectivity index (χ1n) is 9.59. The molecule has 154 valence electrons. The van der Waals surface area contributed by atoms with E-state index in [9.17, 15) is 4.79 Å². The van der Waals surface area contributed by atoms with Crippen molar-refractivity contribution in [2.75, 3.05) is 7.11 Å². The number of benzene rings is 3. The molecule has 0 saturated heterocycles. The molecule has 5 aromatic rings. The van der Waals surface area contributed by atoms with Crippen LogP contribution >= 0.6 is 22.9 Å². The van der Waals surface area contributed by atoms with Gasteiger partial charge in [0.25, 0.3) is 5.56 Å². The molecule has 0 spiro atoms. The monoisotopic (exact) mass is 448 g/mol. The van der Waals surface area contributed by atoms with Gasteiger partial charge in [0, 0.05) is 5.02 Å². The minimum absolute atomic E-state index is 0.0734. The zero-order valence-electron chi connectivity index (χ0n) is 16.5. The normalized spacial score (nSPS) is 12.0. The van der Waals surface area contributed by atoms with Crippen LogP contribution in [0.2, 0.25) is 5.02 Å². The van der Waals surface area contributed by atoms with Crippen LogP contribution in [-0.2, 0) is 6.61 Å². The molecule has 0 fully saturated rings. The Balaban J connectivity index is 1.46. The summed E-state index contributed by atoms with van der Waals surface area (Å²) in [7, 11) is 1.60. The molecule has 0 aliphatic rings. The number of halogens is 1. The van der Waals surface area contributed by atoms with Crippen molar-refractivity contribution in [2.24, 2.45) is 0 Å². The Morgan fingerprint density at radius 3 is 2.68 bits per heavy atom. The van der Waals surface area contributed by atoms with Crippen LogP contribution in [0.15, 0.2) is 71.5 Å². The number of para-hydroxylation sites is 2. The second kappa shape index (κ2) is 8.06. The molecule has 0 atom stereocenters. The predicted molar refractivity (Wildman–Crippen MR) is 124 cm³/mol. The van der Waals surface area contributed by atoms with Crippen molar-refractivity contribution in [3.8, 4) is 11.5 Å². The highest BCUT2D eigenvalue weighted by Crippen LogP contribution is 2.29. The highest BCUT2D eigenvalue weighted by molar-refractivity contribution is 7.15. The van der Waals surface area contributed by atoms with E-state index in [1.807, 2.05) is 72.8 Å². The highest BCUT2D eigenvalue weighted by Gasteiger charge is 2.11. The Morgan fingerprint density at radius 2 is 1.87 bits per heavy atom. The molecule has 0 aliphatic carbocycles. The van der Waals surface area contributed by atoms with Crippen LogP contribution in [0.1, 0.15) is 11.1 Å². The van der Waals surface area contributed by atoms with E-state index < -0.39 is 0 Å². The Morgan fingerprint density at radius 1 is 1.06 bits per heavy atom. The maximum absolute atomic E-state index is 12.9. The van der Waals surface area contributed by atoms with Gasteiger partial charge in [0.2, 0.25) is 0 Å². The van der Waals surface area contributed by atoms with Crippen LogP contribution in [0.4, 0.5) is 0 Å². The van der Waals surface area contributed by atoms with E-state index in [-0.39, 0.29) is 5.56 Å². The number of ether oxygens (including phenoxy) is 2. The molecule has 3 aromatic carbocycles. The van der Waals surface area contributed by atoms with Gasteiger partial charge in [-0.05, 0) is 53.6 Å². The summed E-state index contributed by atoms with van der Waals surface area (Å²) in [6.07, 6.45) is 1.85. The fourth-order valence-electron chi connectivity index (χ4n) is 3.40. The number of aromatic nitrogens is 2. The fourth-order valence-corrected chi connectivity index (χ4v) is 4.51. The molecule has 0 radical (unpaired) electrons. The first kappa shape index (κ1) is 19.6. The minimum Gasteiger partial charge on any atom is -0.493 e. The van der Waals surface area contributed by atoms with Crippen molar-refractivity contribution in [1.82, 2.24) is 9.38 Å². The SMILES string of the molecule is COc1cc(/C=c2\sc3nc4ccccc4n3c2=O)ccc1OCc1ccc(Cl)cc1. The second-order valence-electron chi connectivity index (χ2n) is 6.96. The lowest BCUT2D eigenvalue weighted by molar-refractivity contribution is 0.284. The van der Waals surface area contributed by atoms with Gasteiger partial charge in [-0.25, -0.2) is 9.38 Å². The van der Waals surface area contributed by atoms with Gasteiger partial charge in [-0.2, -0.15) is 0 Å². The van der Waals surface area contributed by atoms with Crippen molar-refractivity contribution < 1.29 is 9.47 Å². The van der Waals surface area contributed by atoms with Gasteiger partial charge in [0.15, 0.2) is 16.5 Å². The summed E-state index contributed by atoms with van der Waals surface area (Å²) in [4.78, 5) is 18.2. The van der Waals surface area contributed by atoms with Gasteiger partial charge >= 0.3 is 0 Å². The van der Waals surface area contributed by atoms with Crippen LogP contribution in [0.5, 0.6) is 11.5 Å². The number of thiazole rings is 1. The summed E-state index contributed by atoms with van der Waals surface area (Å²) >= 11 is 7.30. The summed E-state index contributed by atoms with van der Waals surface area (Å²) < 4.78 is 13.7. The van der Waals surface area contributed by atoms with Crippen molar-refractivity contribution in [3.63, 3.8) is 0 Å². The largest absolute Gasteiger partial charge is 0.493 e. The fraction of sp³-hybridized carbons (Fsp3) is 0.0833. The average Bonchev–Trinajstić information content (AvgIpc) is 3.30. The zero-order valence-corrected chi connectivity index (χ0v) is 18.1. The Bertz CT molecular complexity index is 1510. The van der Waals surface area contributed by atoms with Gasteiger partial charge in [-0.3, -0.25) is 4.79 Å². The van der Waals surface area contributed by atoms with Gasteiger partial charge in [-0.1, -0.05) is 53.3 Å². The molecule has 2 aromatic heterocycles. The van der Waals surface area contributed by atoms with Crippen molar-refractivity contribution in [2.45, 2.75) is 6.61 Å². The van der Waals surface area contributed by atoms with E-state index in [4.69, 9.17) is 21.1 Å². The summed E-state index contributed by atoms with van der Waals surface area (Å²) in [6.45, 7) is 0.399. The lowest BCUT2D eigenvalue weighted by Gasteiger charge is -2.11. The van der Waals surface area contributed by atoms with E-state index in [1.165, 1.54) is 11.3 Å². The maximum atomic E-state index is 12.9. The molecule has 0 unspecified atom stereocenters. The first-order valence-corrected chi connectivity index (χ1v) is 10.8. The summed E-state index contributed by atoms with van der Waals surface area (Å²) in [5.74, 6) is 1.23. The number of methoxy groups -OCH3 is 1. The molecule has 0 N–H and O–H groups in total. The van der Waals surface area contributed by atoms with Crippen molar-refractivity contribution >= 4 is 45.0 Å². The maximum Gasteiger partial charge on any atom is 0.274 e. The Hall–Kier alpha value is -3.35. The van der Waals surface area contributed by atoms with Gasteiger partial charge in [0.05, 0.1) is 22.7 Å². The molecule has 5 nitrogen and oxygen atoms in total. The molecule has 0 bridgehead atoms. The molecule has 31 heavy (non-hydrogen) atoms. The van der Waals surface area contributed by atoms with E-state index in [0.29, 0.717) is 32.6 Å². The van der Waals surface area contributed by atoms with Crippen LogP contribution in [0.3, 0.4) is 0 Å². The third kappa shape index (κ3) is 3.76. The number of fused-ring (bicyclic) bond motifs is 3.